The zero-order chi connectivity index (χ0) is 13.7. The van der Waals surface area contributed by atoms with Gasteiger partial charge in [-0.2, -0.15) is 0 Å². The lowest BCUT2D eigenvalue weighted by Crippen LogP contribution is -2.55. The van der Waals surface area contributed by atoms with E-state index in [2.05, 4.69) is 29.5 Å². The molecule has 19 heavy (non-hydrogen) atoms. The first kappa shape index (κ1) is 14.0. The molecule has 0 bridgehead atoms. The van der Waals surface area contributed by atoms with E-state index in [1.165, 1.54) is 0 Å². The van der Waals surface area contributed by atoms with E-state index in [0.717, 1.165) is 24.9 Å². The molecule has 1 aliphatic rings. The van der Waals surface area contributed by atoms with Crippen LogP contribution in [0.4, 0.5) is 0 Å². The second kappa shape index (κ2) is 6.66. The number of carbonyl (C=O) groups is 1. The highest BCUT2D eigenvalue weighted by molar-refractivity contribution is 5.76. The third-order valence-corrected chi connectivity index (χ3v) is 3.94. The van der Waals surface area contributed by atoms with Crippen LogP contribution in [0.15, 0.2) is 24.5 Å². The Kier molecular flexibility index (Phi) is 4.91. The first-order valence-corrected chi connectivity index (χ1v) is 7.08. The Labute approximate surface area is 115 Å². The van der Waals surface area contributed by atoms with Crippen molar-refractivity contribution in [1.82, 2.24) is 15.6 Å². The quantitative estimate of drug-likeness (QED) is 0.864. The molecule has 0 spiro atoms. The van der Waals surface area contributed by atoms with Gasteiger partial charge in [0.1, 0.15) is 0 Å². The fourth-order valence-corrected chi connectivity index (χ4v) is 2.67. The number of amides is 1. The van der Waals surface area contributed by atoms with Crippen LogP contribution in [0.2, 0.25) is 0 Å². The minimum Gasteiger partial charge on any atom is -0.352 e. The Morgan fingerprint density at radius 3 is 2.84 bits per heavy atom. The van der Waals surface area contributed by atoms with Crippen LogP contribution in [0.25, 0.3) is 0 Å². The Bertz CT molecular complexity index is 397. The fraction of sp³-hybridized carbons (Fsp3) is 0.600. The monoisotopic (exact) mass is 261 g/mol. The van der Waals surface area contributed by atoms with Gasteiger partial charge >= 0.3 is 0 Å². The van der Waals surface area contributed by atoms with Crippen molar-refractivity contribution in [2.45, 2.75) is 45.2 Å². The molecule has 4 heteroatoms. The molecule has 0 aliphatic carbocycles. The van der Waals surface area contributed by atoms with E-state index in [4.69, 9.17) is 0 Å². The Balaban J connectivity index is 1.80. The lowest BCUT2D eigenvalue weighted by atomic mass is 9.89. The number of aromatic nitrogens is 1. The van der Waals surface area contributed by atoms with Gasteiger partial charge in [-0.15, -0.1) is 0 Å². The van der Waals surface area contributed by atoms with Crippen molar-refractivity contribution in [3.8, 4) is 0 Å². The molecule has 1 amide bonds. The van der Waals surface area contributed by atoms with Crippen molar-refractivity contribution in [1.29, 1.82) is 0 Å². The van der Waals surface area contributed by atoms with E-state index in [1.807, 2.05) is 12.1 Å². The van der Waals surface area contributed by atoms with E-state index in [1.54, 1.807) is 12.4 Å². The number of carbonyl (C=O) groups excluding carboxylic acids is 1. The minimum absolute atomic E-state index is 0.143. The van der Waals surface area contributed by atoms with Crippen molar-refractivity contribution in [2.24, 2.45) is 5.92 Å². The average molecular weight is 261 g/mol. The molecule has 2 rings (SSSR count). The highest BCUT2D eigenvalue weighted by atomic mass is 16.1. The number of piperidine rings is 1. The number of aryl methyl sites for hydroxylation is 1. The first-order valence-electron chi connectivity index (χ1n) is 7.08. The van der Waals surface area contributed by atoms with E-state index in [0.29, 0.717) is 18.4 Å². The van der Waals surface area contributed by atoms with Gasteiger partial charge < -0.3 is 10.6 Å². The predicted molar refractivity (Wildman–Crippen MR) is 75.7 cm³/mol. The largest absolute Gasteiger partial charge is 0.352 e. The Morgan fingerprint density at radius 2 is 2.16 bits per heavy atom. The van der Waals surface area contributed by atoms with Crippen molar-refractivity contribution in [2.75, 3.05) is 6.54 Å². The third kappa shape index (κ3) is 4.03. The van der Waals surface area contributed by atoms with Gasteiger partial charge in [-0.05, 0) is 49.9 Å². The van der Waals surface area contributed by atoms with E-state index in [-0.39, 0.29) is 11.9 Å². The summed E-state index contributed by atoms with van der Waals surface area (Å²) in [6, 6.07) is 4.52. The van der Waals surface area contributed by atoms with Gasteiger partial charge in [0, 0.05) is 30.9 Å². The van der Waals surface area contributed by atoms with E-state index in [9.17, 15) is 4.79 Å². The number of hydrogen-bond donors (Lipinski definition) is 2. The molecule has 3 unspecified atom stereocenters. The van der Waals surface area contributed by atoms with Gasteiger partial charge in [0.25, 0.3) is 0 Å². The van der Waals surface area contributed by atoms with Crippen molar-refractivity contribution < 1.29 is 4.79 Å². The maximum Gasteiger partial charge on any atom is 0.220 e. The molecule has 1 aromatic heterocycles. The summed E-state index contributed by atoms with van der Waals surface area (Å²) < 4.78 is 0. The van der Waals surface area contributed by atoms with Gasteiger partial charge in [0.2, 0.25) is 5.91 Å². The van der Waals surface area contributed by atoms with Crippen LogP contribution in [-0.2, 0) is 11.2 Å². The van der Waals surface area contributed by atoms with Crippen LogP contribution in [0.3, 0.4) is 0 Å². The number of rotatable bonds is 4. The van der Waals surface area contributed by atoms with Gasteiger partial charge in [-0.3, -0.25) is 9.78 Å². The minimum atomic E-state index is 0.143. The molecule has 0 aromatic carbocycles. The van der Waals surface area contributed by atoms with Crippen LogP contribution < -0.4 is 10.6 Å². The molecule has 1 fully saturated rings. The second-order valence-corrected chi connectivity index (χ2v) is 5.46. The van der Waals surface area contributed by atoms with Crippen LogP contribution in [0, 0.1) is 5.92 Å². The molecular weight excluding hydrogens is 238 g/mol. The Hall–Kier alpha value is -1.42. The molecule has 2 heterocycles. The second-order valence-electron chi connectivity index (χ2n) is 5.46. The number of hydrogen-bond acceptors (Lipinski definition) is 3. The normalized spacial score (nSPS) is 26.9. The zero-order valence-corrected chi connectivity index (χ0v) is 11.7. The number of nitrogens with one attached hydrogen (secondary N) is 2. The molecule has 104 valence electrons. The summed E-state index contributed by atoms with van der Waals surface area (Å²) in [4.78, 5) is 16.0. The topological polar surface area (TPSA) is 54.0 Å². The third-order valence-electron chi connectivity index (χ3n) is 3.94. The summed E-state index contributed by atoms with van der Waals surface area (Å²) in [5, 5.41) is 6.59. The summed E-state index contributed by atoms with van der Waals surface area (Å²) >= 11 is 0. The maximum atomic E-state index is 12.0. The molecule has 1 aromatic rings. The summed E-state index contributed by atoms with van der Waals surface area (Å²) in [6.45, 7) is 5.40. The molecule has 2 N–H and O–H groups in total. The van der Waals surface area contributed by atoms with E-state index >= 15 is 0 Å². The molecule has 1 saturated heterocycles. The summed E-state index contributed by atoms with van der Waals surface area (Å²) in [5.74, 6) is 0.685. The van der Waals surface area contributed by atoms with Gasteiger partial charge in [0.15, 0.2) is 0 Å². The molecule has 0 saturated carbocycles. The van der Waals surface area contributed by atoms with Crippen LogP contribution in [0.1, 0.15) is 32.3 Å². The lowest BCUT2D eigenvalue weighted by Gasteiger charge is -2.36. The van der Waals surface area contributed by atoms with Crippen molar-refractivity contribution in [3.63, 3.8) is 0 Å². The van der Waals surface area contributed by atoms with Crippen molar-refractivity contribution in [3.05, 3.63) is 30.1 Å². The number of nitrogens with zero attached hydrogens (tertiary/aromatic N) is 1. The highest BCUT2D eigenvalue weighted by Gasteiger charge is 2.28. The molecule has 0 radical (unpaired) electrons. The van der Waals surface area contributed by atoms with Crippen molar-refractivity contribution >= 4 is 5.91 Å². The van der Waals surface area contributed by atoms with Crippen LogP contribution >= 0.6 is 0 Å². The van der Waals surface area contributed by atoms with Gasteiger partial charge in [-0.1, -0.05) is 6.92 Å². The smallest absolute Gasteiger partial charge is 0.220 e. The maximum absolute atomic E-state index is 12.0. The highest BCUT2D eigenvalue weighted by Crippen LogP contribution is 2.16. The molecule has 3 atom stereocenters. The molecule has 1 aliphatic heterocycles. The predicted octanol–water partition coefficient (Wildman–Crippen LogP) is 1.52. The lowest BCUT2D eigenvalue weighted by molar-refractivity contribution is -0.122. The fourth-order valence-electron chi connectivity index (χ4n) is 2.67. The first-order chi connectivity index (χ1) is 9.16. The van der Waals surface area contributed by atoms with E-state index < -0.39 is 0 Å². The zero-order valence-electron chi connectivity index (χ0n) is 11.7. The standard InChI is InChI=1S/C15H23N3O/c1-11-5-10-17-12(2)15(11)18-14(19)4-3-13-6-8-16-9-7-13/h6-9,11-12,15,17H,3-5,10H2,1-2H3,(H,18,19). The summed E-state index contributed by atoms with van der Waals surface area (Å²) in [5.41, 5.74) is 1.16. The average Bonchev–Trinajstić information content (AvgIpc) is 2.42. The Morgan fingerprint density at radius 1 is 1.42 bits per heavy atom. The molecular formula is C15H23N3O. The SMILES string of the molecule is CC1CCNC(C)C1NC(=O)CCc1ccncc1. The van der Waals surface area contributed by atoms with Crippen LogP contribution in [-0.4, -0.2) is 29.5 Å². The van der Waals surface area contributed by atoms with Gasteiger partial charge in [-0.25, -0.2) is 0 Å². The summed E-state index contributed by atoms with van der Waals surface area (Å²) in [6.07, 6.45) is 5.97. The molecule has 4 nitrogen and oxygen atoms in total. The van der Waals surface area contributed by atoms with Gasteiger partial charge in [0.05, 0.1) is 0 Å². The number of pyridine rings is 1. The van der Waals surface area contributed by atoms with Crippen LogP contribution in [0.5, 0.6) is 0 Å². The summed E-state index contributed by atoms with van der Waals surface area (Å²) in [7, 11) is 0.